The van der Waals surface area contributed by atoms with Gasteiger partial charge in [-0.2, -0.15) is 0 Å². The first-order valence-electron chi connectivity index (χ1n) is 6.46. The number of amides is 1. The maximum Gasteiger partial charge on any atom is 0.303 e. The van der Waals surface area contributed by atoms with E-state index >= 15 is 0 Å². The third kappa shape index (κ3) is 5.55. The fraction of sp³-hybridized carbons (Fsp3) is 0.467. The Kier molecular flexibility index (Phi) is 5.55. The number of carbonyl (C=O) groups excluding carboxylic acids is 1. The number of hydrogen-bond acceptors (Lipinski definition) is 2. The second-order valence-electron chi connectivity index (χ2n) is 5.11. The van der Waals surface area contributed by atoms with Gasteiger partial charge in [0.1, 0.15) is 0 Å². The number of benzene rings is 1. The van der Waals surface area contributed by atoms with Gasteiger partial charge in [-0.15, -0.1) is 0 Å². The van der Waals surface area contributed by atoms with Crippen LogP contribution in [0.2, 0.25) is 0 Å². The molecule has 2 atom stereocenters. The van der Waals surface area contributed by atoms with Crippen molar-refractivity contribution < 1.29 is 14.7 Å². The number of carboxylic acid groups (broad SMARTS) is 1. The number of hydrogen-bond donors (Lipinski definition) is 2. The van der Waals surface area contributed by atoms with E-state index in [1.165, 1.54) is 5.56 Å². The van der Waals surface area contributed by atoms with Gasteiger partial charge in [-0.3, -0.25) is 9.59 Å². The van der Waals surface area contributed by atoms with Gasteiger partial charge >= 0.3 is 5.97 Å². The number of carboxylic acids is 1. The van der Waals surface area contributed by atoms with E-state index in [-0.39, 0.29) is 30.7 Å². The summed E-state index contributed by atoms with van der Waals surface area (Å²) in [6, 6.07) is 7.92. The van der Waals surface area contributed by atoms with Crippen LogP contribution in [0.5, 0.6) is 0 Å². The molecule has 0 saturated carbocycles. The second kappa shape index (κ2) is 6.92. The predicted octanol–water partition coefficient (Wildman–Crippen LogP) is 2.67. The zero-order chi connectivity index (χ0) is 14.4. The van der Waals surface area contributed by atoms with Gasteiger partial charge < -0.3 is 10.4 Å². The van der Waals surface area contributed by atoms with Crippen molar-refractivity contribution in [1.82, 2.24) is 5.32 Å². The molecule has 0 fully saturated rings. The Hall–Kier alpha value is -1.84. The minimum atomic E-state index is -0.869. The highest BCUT2D eigenvalue weighted by atomic mass is 16.4. The van der Waals surface area contributed by atoms with Crippen molar-refractivity contribution in [3.05, 3.63) is 35.4 Å². The van der Waals surface area contributed by atoms with Crippen LogP contribution in [0.15, 0.2) is 24.3 Å². The molecule has 1 aromatic carbocycles. The standard InChI is InChI=1S/C15H21NO3/c1-10-4-6-13(7-5-10)12(3)16-14(17)8-11(2)9-15(18)19/h4-7,11-12H,8-9H2,1-3H3,(H,16,17)(H,18,19). The molecule has 0 saturated heterocycles. The topological polar surface area (TPSA) is 66.4 Å². The van der Waals surface area contributed by atoms with Crippen LogP contribution >= 0.6 is 0 Å². The molecule has 4 heteroatoms. The molecular formula is C15H21NO3. The first-order valence-corrected chi connectivity index (χ1v) is 6.46. The first-order chi connectivity index (χ1) is 8.88. The minimum Gasteiger partial charge on any atom is -0.481 e. The summed E-state index contributed by atoms with van der Waals surface area (Å²) in [5.74, 6) is -1.13. The molecule has 0 heterocycles. The van der Waals surface area contributed by atoms with Gasteiger partial charge in [0.25, 0.3) is 0 Å². The number of nitrogens with one attached hydrogen (secondary N) is 1. The molecule has 2 N–H and O–H groups in total. The number of rotatable bonds is 6. The summed E-state index contributed by atoms with van der Waals surface area (Å²) in [7, 11) is 0. The molecule has 2 unspecified atom stereocenters. The van der Waals surface area contributed by atoms with E-state index in [2.05, 4.69) is 5.32 Å². The van der Waals surface area contributed by atoms with Gasteiger partial charge in [0, 0.05) is 12.8 Å². The van der Waals surface area contributed by atoms with Crippen molar-refractivity contribution in [3.8, 4) is 0 Å². The lowest BCUT2D eigenvalue weighted by Gasteiger charge is -2.16. The largest absolute Gasteiger partial charge is 0.481 e. The Bertz CT molecular complexity index is 439. The lowest BCUT2D eigenvalue weighted by Crippen LogP contribution is -2.28. The van der Waals surface area contributed by atoms with E-state index in [9.17, 15) is 9.59 Å². The lowest BCUT2D eigenvalue weighted by molar-refractivity contribution is -0.138. The van der Waals surface area contributed by atoms with Crippen molar-refractivity contribution in [2.45, 2.75) is 39.7 Å². The number of carbonyl (C=O) groups is 2. The quantitative estimate of drug-likeness (QED) is 0.829. The molecule has 0 radical (unpaired) electrons. The zero-order valence-electron chi connectivity index (χ0n) is 11.6. The van der Waals surface area contributed by atoms with Gasteiger partial charge in [0.05, 0.1) is 6.04 Å². The van der Waals surface area contributed by atoms with Crippen LogP contribution in [0.25, 0.3) is 0 Å². The summed E-state index contributed by atoms with van der Waals surface area (Å²) >= 11 is 0. The molecule has 0 aliphatic carbocycles. The Morgan fingerprint density at radius 3 is 2.26 bits per heavy atom. The summed E-state index contributed by atoms with van der Waals surface area (Å²) in [4.78, 5) is 22.3. The monoisotopic (exact) mass is 263 g/mol. The average molecular weight is 263 g/mol. The predicted molar refractivity (Wildman–Crippen MR) is 73.8 cm³/mol. The summed E-state index contributed by atoms with van der Waals surface area (Å²) in [5.41, 5.74) is 2.22. The third-order valence-electron chi connectivity index (χ3n) is 3.01. The van der Waals surface area contributed by atoms with Crippen LogP contribution in [-0.4, -0.2) is 17.0 Å². The fourth-order valence-electron chi connectivity index (χ4n) is 1.93. The molecule has 4 nitrogen and oxygen atoms in total. The molecule has 1 amide bonds. The van der Waals surface area contributed by atoms with E-state index in [0.717, 1.165) is 5.56 Å². The molecule has 19 heavy (non-hydrogen) atoms. The van der Waals surface area contributed by atoms with E-state index in [0.29, 0.717) is 0 Å². The average Bonchev–Trinajstić information content (AvgIpc) is 2.27. The minimum absolute atomic E-state index is 0.0202. The molecule has 0 aliphatic heterocycles. The van der Waals surface area contributed by atoms with Crippen LogP contribution in [0.3, 0.4) is 0 Å². The van der Waals surface area contributed by atoms with E-state index in [1.54, 1.807) is 6.92 Å². The van der Waals surface area contributed by atoms with E-state index < -0.39 is 5.97 Å². The van der Waals surface area contributed by atoms with Crippen LogP contribution in [-0.2, 0) is 9.59 Å². The highest BCUT2D eigenvalue weighted by molar-refractivity contribution is 5.77. The van der Waals surface area contributed by atoms with Crippen LogP contribution in [0, 0.1) is 12.8 Å². The van der Waals surface area contributed by atoms with Crippen LogP contribution < -0.4 is 5.32 Å². The van der Waals surface area contributed by atoms with Crippen LogP contribution in [0.1, 0.15) is 43.9 Å². The summed E-state index contributed by atoms with van der Waals surface area (Å²) in [6.07, 6.45) is 0.259. The summed E-state index contributed by atoms with van der Waals surface area (Å²) in [5, 5.41) is 11.5. The molecule has 0 bridgehead atoms. The maximum atomic E-state index is 11.8. The molecule has 104 valence electrons. The van der Waals surface area contributed by atoms with Gasteiger partial charge in [-0.05, 0) is 25.3 Å². The first kappa shape index (κ1) is 15.2. The van der Waals surface area contributed by atoms with Crippen molar-refractivity contribution in [3.63, 3.8) is 0 Å². The van der Waals surface area contributed by atoms with Crippen molar-refractivity contribution in [2.75, 3.05) is 0 Å². The Morgan fingerprint density at radius 2 is 1.74 bits per heavy atom. The van der Waals surface area contributed by atoms with E-state index in [1.807, 2.05) is 38.1 Å². The Labute approximate surface area is 113 Å². The zero-order valence-corrected chi connectivity index (χ0v) is 11.6. The number of aryl methyl sites for hydroxylation is 1. The highest BCUT2D eigenvalue weighted by Crippen LogP contribution is 2.14. The molecule has 0 aromatic heterocycles. The second-order valence-corrected chi connectivity index (χ2v) is 5.11. The SMILES string of the molecule is Cc1ccc(C(C)NC(=O)CC(C)CC(=O)O)cc1. The smallest absolute Gasteiger partial charge is 0.303 e. The molecular weight excluding hydrogens is 242 g/mol. The van der Waals surface area contributed by atoms with Gasteiger partial charge in [0.15, 0.2) is 0 Å². The highest BCUT2D eigenvalue weighted by Gasteiger charge is 2.14. The van der Waals surface area contributed by atoms with Crippen molar-refractivity contribution >= 4 is 11.9 Å². The normalized spacial score (nSPS) is 13.6. The Balaban J connectivity index is 2.47. The third-order valence-corrected chi connectivity index (χ3v) is 3.01. The molecule has 0 aliphatic rings. The molecule has 1 aromatic rings. The maximum absolute atomic E-state index is 11.8. The lowest BCUT2D eigenvalue weighted by atomic mass is 10.0. The fourth-order valence-corrected chi connectivity index (χ4v) is 1.93. The van der Waals surface area contributed by atoms with E-state index in [4.69, 9.17) is 5.11 Å². The number of aliphatic carboxylic acids is 1. The molecule has 1 rings (SSSR count). The van der Waals surface area contributed by atoms with Gasteiger partial charge in [0.2, 0.25) is 5.91 Å². The summed E-state index contributed by atoms with van der Waals surface area (Å²) < 4.78 is 0. The molecule has 0 spiro atoms. The van der Waals surface area contributed by atoms with Crippen molar-refractivity contribution in [2.24, 2.45) is 5.92 Å². The van der Waals surface area contributed by atoms with Crippen LogP contribution in [0.4, 0.5) is 0 Å². The summed E-state index contributed by atoms with van der Waals surface area (Å²) in [6.45, 7) is 5.70. The van der Waals surface area contributed by atoms with Gasteiger partial charge in [-0.1, -0.05) is 36.8 Å². The van der Waals surface area contributed by atoms with Gasteiger partial charge in [-0.25, -0.2) is 0 Å². The Morgan fingerprint density at radius 1 is 1.16 bits per heavy atom. The van der Waals surface area contributed by atoms with Crippen molar-refractivity contribution in [1.29, 1.82) is 0 Å².